The summed E-state index contributed by atoms with van der Waals surface area (Å²) in [7, 11) is 0. The van der Waals surface area contributed by atoms with Crippen molar-refractivity contribution in [1.82, 2.24) is 24.3 Å². The first-order valence-electron chi connectivity index (χ1n) is 21.6. The van der Waals surface area contributed by atoms with Crippen LogP contribution in [0.15, 0.2) is 194 Å². The van der Waals surface area contributed by atoms with Crippen LogP contribution in [0.5, 0.6) is 0 Å². The molecule has 8 aromatic carbocycles. The van der Waals surface area contributed by atoms with Crippen LogP contribution in [0.3, 0.4) is 0 Å². The monoisotopic (exact) mass is 803 g/mol. The van der Waals surface area contributed by atoms with Crippen LogP contribution in [0.25, 0.3) is 122 Å². The average Bonchev–Trinajstić information content (AvgIpc) is 3.74. The van der Waals surface area contributed by atoms with Gasteiger partial charge < -0.3 is 0 Å². The van der Waals surface area contributed by atoms with Gasteiger partial charge in [-0.05, 0) is 104 Å². The highest BCUT2D eigenvalue weighted by Crippen LogP contribution is 2.41. The summed E-state index contributed by atoms with van der Waals surface area (Å²) in [5.41, 5.74) is 14.5. The highest BCUT2D eigenvalue weighted by Gasteiger charge is 2.21. The summed E-state index contributed by atoms with van der Waals surface area (Å²) < 4.78 is 2.07. The van der Waals surface area contributed by atoms with Crippen LogP contribution < -0.4 is 0 Å². The van der Waals surface area contributed by atoms with Gasteiger partial charge in [0, 0.05) is 39.2 Å². The molecule has 0 amide bonds. The third-order valence-corrected chi connectivity index (χ3v) is 12.9. The van der Waals surface area contributed by atoms with E-state index in [9.17, 15) is 0 Å². The number of benzene rings is 8. The van der Waals surface area contributed by atoms with Crippen LogP contribution in [-0.2, 0) is 6.42 Å². The standard InChI is InChI=1S/C58H37N5/c1-3-18-42-39(14-1)33-50(46-22-7-5-20-44(42)46)53-35-52(59-57(60-53)51-34-40-15-2-4-19-43(40)45-21-6-8-23-47(45)51)41-17-13-16-38(32-41)36-27-29-37(30-28-36)55-48-24-9-10-25-49(48)56-58(62-55)63-31-12-11-26-54(63)61-56/h1-7,9-22,24-35H,8,23H2. The maximum Gasteiger partial charge on any atom is 0.165 e. The van der Waals surface area contributed by atoms with Crippen LogP contribution in [-0.4, -0.2) is 24.3 Å². The van der Waals surface area contributed by atoms with Crippen molar-refractivity contribution in [2.75, 3.05) is 0 Å². The lowest BCUT2D eigenvalue weighted by atomic mass is 9.87. The Balaban J connectivity index is 0.968. The van der Waals surface area contributed by atoms with Gasteiger partial charge in [-0.1, -0.05) is 158 Å². The Morgan fingerprint density at radius 3 is 1.95 bits per heavy atom. The molecule has 4 aromatic heterocycles. The van der Waals surface area contributed by atoms with E-state index < -0.39 is 0 Å². The maximum absolute atomic E-state index is 5.50. The van der Waals surface area contributed by atoms with Crippen LogP contribution >= 0.6 is 0 Å². The fraction of sp³-hybridized carbons (Fsp3) is 0.0345. The van der Waals surface area contributed by atoms with Gasteiger partial charge in [0.05, 0.1) is 17.1 Å². The Morgan fingerprint density at radius 1 is 0.429 bits per heavy atom. The Labute approximate surface area is 363 Å². The first-order valence-corrected chi connectivity index (χ1v) is 21.6. The van der Waals surface area contributed by atoms with E-state index >= 15 is 0 Å². The number of hydrogen-bond acceptors (Lipinski definition) is 4. The van der Waals surface area contributed by atoms with E-state index in [2.05, 4.69) is 180 Å². The number of nitrogens with zero attached hydrogens (tertiary/aromatic N) is 5. The molecule has 0 fully saturated rings. The molecule has 63 heavy (non-hydrogen) atoms. The molecule has 294 valence electrons. The normalized spacial score (nSPS) is 12.6. The number of fused-ring (bicyclic) bond motifs is 11. The van der Waals surface area contributed by atoms with E-state index in [4.69, 9.17) is 19.9 Å². The molecule has 0 saturated heterocycles. The summed E-state index contributed by atoms with van der Waals surface area (Å²) in [6.07, 6.45) is 8.55. The molecule has 0 atom stereocenters. The molecule has 0 saturated carbocycles. The first-order chi connectivity index (χ1) is 31.2. The van der Waals surface area contributed by atoms with Crippen LogP contribution in [0.2, 0.25) is 0 Å². The van der Waals surface area contributed by atoms with E-state index in [1.165, 1.54) is 43.4 Å². The van der Waals surface area contributed by atoms with Crippen molar-refractivity contribution >= 4 is 66.0 Å². The molecule has 0 unspecified atom stereocenters. The molecule has 13 rings (SSSR count). The lowest BCUT2D eigenvalue weighted by molar-refractivity contribution is 0.986. The Hall–Kier alpha value is -8.28. The number of rotatable bonds is 5. The molecule has 1 aliphatic rings. The molecule has 5 heteroatoms. The molecule has 0 aliphatic heterocycles. The predicted octanol–water partition coefficient (Wildman–Crippen LogP) is 14.6. The third-order valence-electron chi connectivity index (χ3n) is 12.9. The molecular formula is C58H37N5. The number of imidazole rings is 1. The highest BCUT2D eigenvalue weighted by molar-refractivity contribution is 6.14. The summed E-state index contributed by atoms with van der Waals surface area (Å²) in [6, 6.07) is 64.9. The van der Waals surface area contributed by atoms with Crippen LogP contribution in [0, 0.1) is 0 Å². The molecular weight excluding hydrogens is 767 g/mol. The number of hydrogen-bond donors (Lipinski definition) is 0. The van der Waals surface area contributed by atoms with Gasteiger partial charge in [-0.2, -0.15) is 0 Å². The Kier molecular flexibility index (Phi) is 7.97. The molecule has 5 nitrogen and oxygen atoms in total. The second-order valence-corrected chi connectivity index (χ2v) is 16.5. The predicted molar refractivity (Wildman–Crippen MR) is 261 cm³/mol. The van der Waals surface area contributed by atoms with Gasteiger partial charge >= 0.3 is 0 Å². The lowest BCUT2D eigenvalue weighted by Gasteiger charge is -2.19. The van der Waals surface area contributed by atoms with Crippen molar-refractivity contribution in [3.05, 3.63) is 205 Å². The quantitative estimate of drug-likeness (QED) is 0.163. The van der Waals surface area contributed by atoms with E-state index in [0.717, 1.165) is 96.7 Å². The summed E-state index contributed by atoms with van der Waals surface area (Å²) in [4.78, 5) is 21.2. The minimum absolute atomic E-state index is 0.745. The molecule has 0 radical (unpaired) electrons. The van der Waals surface area contributed by atoms with Gasteiger partial charge in [-0.15, -0.1) is 0 Å². The van der Waals surface area contributed by atoms with Crippen molar-refractivity contribution in [2.24, 2.45) is 0 Å². The zero-order valence-corrected chi connectivity index (χ0v) is 34.2. The molecule has 4 heterocycles. The number of allylic oxidation sites excluding steroid dienone is 1. The largest absolute Gasteiger partial charge is 0.284 e. The lowest BCUT2D eigenvalue weighted by Crippen LogP contribution is -2.03. The van der Waals surface area contributed by atoms with Crippen molar-refractivity contribution in [3.8, 4) is 56.3 Å². The van der Waals surface area contributed by atoms with E-state index in [0.29, 0.717) is 0 Å². The minimum Gasteiger partial charge on any atom is -0.284 e. The molecule has 0 spiro atoms. The minimum atomic E-state index is 0.745. The van der Waals surface area contributed by atoms with Crippen molar-refractivity contribution in [1.29, 1.82) is 0 Å². The van der Waals surface area contributed by atoms with Gasteiger partial charge in [0.15, 0.2) is 11.5 Å². The van der Waals surface area contributed by atoms with E-state index in [-0.39, 0.29) is 0 Å². The van der Waals surface area contributed by atoms with Crippen molar-refractivity contribution < 1.29 is 0 Å². The van der Waals surface area contributed by atoms with Gasteiger partial charge in [0.25, 0.3) is 0 Å². The molecule has 0 bridgehead atoms. The number of pyridine rings is 2. The summed E-state index contributed by atoms with van der Waals surface area (Å²) >= 11 is 0. The van der Waals surface area contributed by atoms with E-state index in [1.54, 1.807) is 0 Å². The molecule has 1 aliphatic carbocycles. The highest BCUT2D eigenvalue weighted by atomic mass is 15.1. The van der Waals surface area contributed by atoms with Gasteiger partial charge in [-0.25, -0.2) is 19.9 Å². The van der Waals surface area contributed by atoms with Gasteiger partial charge in [0.1, 0.15) is 11.2 Å². The second kappa shape index (κ2) is 14.2. The fourth-order valence-corrected chi connectivity index (χ4v) is 9.86. The fourth-order valence-electron chi connectivity index (χ4n) is 9.86. The Morgan fingerprint density at radius 2 is 1.10 bits per heavy atom. The van der Waals surface area contributed by atoms with Gasteiger partial charge in [0.2, 0.25) is 0 Å². The van der Waals surface area contributed by atoms with Crippen molar-refractivity contribution in [3.63, 3.8) is 0 Å². The van der Waals surface area contributed by atoms with Crippen LogP contribution in [0.4, 0.5) is 0 Å². The first kappa shape index (κ1) is 35.5. The summed E-state index contributed by atoms with van der Waals surface area (Å²) in [6.45, 7) is 0. The topological polar surface area (TPSA) is 56.0 Å². The zero-order chi connectivity index (χ0) is 41.4. The summed E-state index contributed by atoms with van der Waals surface area (Å²) in [5.74, 6) is 0.745. The van der Waals surface area contributed by atoms with E-state index in [1.807, 2.05) is 24.4 Å². The molecule has 0 N–H and O–H groups in total. The smallest absolute Gasteiger partial charge is 0.165 e. The van der Waals surface area contributed by atoms with Crippen molar-refractivity contribution in [2.45, 2.75) is 12.8 Å². The zero-order valence-electron chi connectivity index (χ0n) is 34.2. The Bertz CT molecular complexity index is 3860. The molecule has 12 aromatic rings. The SMILES string of the molecule is C1=Cc2c(c(-c3nc(-c4cccc(-c5ccc(-c6nc7c(nc8ccccn87)c7ccccc67)cc5)c4)cc(-c4cc5ccccc5c5ccccc45)n3)cc3ccccc23)CC1. The maximum atomic E-state index is 5.50. The second-order valence-electron chi connectivity index (χ2n) is 16.5. The number of aromatic nitrogens is 5. The third kappa shape index (κ3) is 5.78. The van der Waals surface area contributed by atoms with Gasteiger partial charge in [-0.3, -0.25) is 4.40 Å². The average molecular weight is 804 g/mol. The van der Waals surface area contributed by atoms with Crippen LogP contribution in [0.1, 0.15) is 17.5 Å². The summed E-state index contributed by atoms with van der Waals surface area (Å²) in [5, 5.41) is 9.45.